The fraction of sp³-hybridized carbons (Fsp3) is 0.375. The molecular formula is C16H20N4S2. The van der Waals surface area contributed by atoms with Crippen molar-refractivity contribution >= 4 is 34.3 Å². The molecule has 0 aromatic carbocycles. The van der Waals surface area contributed by atoms with Gasteiger partial charge in [0.15, 0.2) is 0 Å². The second-order valence-electron chi connectivity index (χ2n) is 5.07. The molecule has 116 valence electrons. The zero-order valence-corrected chi connectivity index (χ0v) is 14.1. The number of nitrogens with one attached hydrogen (secondary N) is 2. The summed E-state index contributed by atoms with van der Waals surface area (Å²) >= 11 is 3.53. The molecule has 4 heterocycles. The highest BCUT2D eigenvalue weighted by molar-refractivity contribution is 7.10. The molecule has 0 radical (unpaired) electrons. The van der Waals surface area contributed by atoms with Gasteiger partial charge in [0.2, 0.25) is 0 Å². The summed E-state index contributed by atoms with van der Waals surface area (Å²) in [6, 6.07) is 6.37. The summed E-state index contributed by atoms with van der Waals surface area (Å²) in [5.74, 6) is 2.29. The Labute approximate surface area is 139 Å². The Morgan fingerprint density at radius 3 is 2.27 bits per heavy atom. The van der Waals surface area contributed by atoms with Crippen LogP contribution in [0.4, 0.5) is 0 Å². The Hall–Kier alpha value is -1.66. The molecule has 4 nitrogen and oxygen atoms in total. The standard InChI is InChI=1S/2C8H10N2S/c1-4-11-6-7(1)5-8-9-2-3-10-8;1-2-7(11-5-1)6-8-9-3-4-10-8/h1,4,6H,2-3,5H2,(H,9,10);1-2,5H,3-4,6H2,(H,9,10). The van der Waals surface area contributed by atoms with Gasteiger partial charge in [0.25, 0.3) is 0 Å². The zero-order chi connectivity index (χ0) is 15.0. The van der Waals surface area contributed by atoms with Crippen LogP contribution in [-0.2, 0) is 12.8 Å². The Bertz CT molecular complexity index is 558. The van der Waals surface area contributed by atoms with Crippen LogP contribution < -0.4 is 10.6 Å². The van der Waals surface area contributed by atoms with Gasteiger partial charge in [0, 0.05) is 30.8 Å². The summed E-state index contributed by atoms with van der Waals surface area (Å²) in [7, 11) is 0. The molecule has 0 saturated carbocycles. The second kappa shape index (κ2) is 8.10. The first kappa shape index (κ1) is 15.2. The molecule has 0 saturated heterocycles. The summed E-state index contributed by atoms with van der Waals surface area (Å²) in [4.78, 5) is 10.0. The number of aliphatic imine (C=N–C) groups is 2. The fourth-order valence-electron chi connectivity index (χ4n) is 2.30. The lowest BCUT2D eigenvalue weighted by atomic mass is 10.2. The Kier molecular flexibility index (Phi) is 5.61. The predicted molar refractivity (Wildman–Crippen MR) is 96.7 cm³/mol. The molecule has 2 aromatic rings. The van der Waals surface area contributed by atoms with E-state index in [9.17, 15) is 0 Å². The van der Waals surface area contributed by atoms with E-state index in [2.05, 4.69) is 55.0 Å². The molecule has 0 amide bonds. The molecule has 0 unspecified atom stereocenters. The van der Waals surface area contributed by atoms with Gasteiger partial charge in [-0.3, -0.25) is 9.98 Å². The normalized spacial score (nSPS) is 16.2. The van der Waals surface area contributed by atoms with Crippen molar-refractivity contribution in [3.63, 3.8) is 0 Å². The fourth-order valence-corrected chi connectivity index (χ4v) is 3.67. The number of hydrogen-bond acceptors (Lipinski definition) is 6. The Morgan fingerprint density at radius 2 is 1.73 bits per heavy atom. The van der Waals surface area contributed by atoms with E-state index in [0.717, 1.165) is 50.7 Å². The van der Waals surface area contributed by atoms with Crippen LogP contribution in [0.5, 0.6) is 0 Å². The molecule has 0 atom stereocenters. The first-order valence-corrected chi connectivity index (χ1v) is 9.30. The summed E-state index contributed by atoms with van der Waals surface area (Å²) < 4.78 is 0. The molecule has 6 heteroatoms. The summed E-state index contributed by atoms with van der Waals surface area (Å²) in [6.07, 6.45) is 1.96. The largest absolute Gasteiger partial charge is 0.372 e. The van der Waals surface area contributed by atoms with Gasteiger partial charge in [-0.1, -0.05) is 6.07 Å². The second-order valence-corrected chi connectivity index (χ2v) is 6.89. The molecule has 0 bridgehead atoms. The minimum Gasteiger partial charge on any atom is -0.372 e. The topological polar surface area (TPSA) is 48.8 Å². The number of rotatable bonds is 4. The van der Waals surface area contributed by atoms with E-state index in [4.69, 9.17) is 0 Å². The van der Waals surface area contributed by atoms with Gasteiger partial charge in [0.1, 0.15) is 11.7 Å². The monoisotopic (exact) mass is 332 g/mol. The lowest BCUT2D eigenvalue weighted by molar-refractivity contribution is 0.953. The van der Waals surface area contributed by atoms with E-state index in [0.29, 0.717) is 0 Å². The van der Waals surface area contributed by atoms with Crippen molar-refractivity contribution in [2.45, 2.75) is 12.8 Å². The molecule has 2 aliphatic heterocycles. The SMILES string of the molecule is c1cc(CC2=NCCN2)cs1.c1csc(CC2=NCCN2)c1. The number of amidine groups is 2. The van der Waals surface area contributed by atoms with Gasteiger partial charge < -0.3 is 10.6 Å². The molecule has 2 N–H and O–H groups in total. The van der Waals surface area contributed by atoms with Crippen LogP contribution in [0.1, 0.15) is 10.4 Å². The predicted octanol–water partition coefficient (Wildman–Crippen LogP) is 2.58. The minimum atomic E-state index is 0.944. The minimum absolute atomic E-state index is 0.944. The highest BCUT2D eigenvalue weighted by Crippen LogP contribution is 2.10. The van der Waals surface area contributed by atoms with Crippen LogP contribution in [0.25, 0.3) is 0 Å². The van der Waals surface area contributed by atoms with Crippen molar-refractivity contribution in [1.29, 1.82) is 0 Å². The van der Waals surface area contributed by atoms with E-state index in [1.165, 1.54) is 10.4 Å². The third kappa shape index (κ3) is 4.68. The van der Waals surface area contributed by atoms with Crippen LogP contribution in [0.2, 0.25) is 0 Å². The van der Waals surface area contributed by atoms with Gasteiger partial charge in [-0.05, 0) is 33.8 Å². The Morgan fingerprint density at radius 1 is 0.955 bits per heavy atom. The summed E-state index contributed by atoms with van der Waals surface area (Å²) in [5, 5.41) is 12.9. The van der Waals surface area contributed by atoms with E-state index < -0.39 is 0 Å². The molecule has 0 fully saturated rings. The number of thiophene rings is 2. The molecule has 2 aromatic heterocycles. The van der Waals surface area contributed by atoms with Crippen LogP contribution >= 0.6 is 22.7 Å². The van der Waals surface area contributed by atoms with Gasteiger partial charge in [-0.25, -0.2) is 0 Å². The third-order valence-corrected chi connectivity index (χ3v) is 4.97. The van der Waals surface area contributed by atoms with Crippen molar-refractivity contribution in [1.82, 2.24) is 10.6 Å². The van der Waals surface area contributed by atoms with Crippen molar-refractivity contribution < 1.29 is 0 Å². The van der Waals surface area contributed by atoms with Gasteiger partial charge in [-0.15, -0.1) is 11.3 Å². The quantitative estimate of drug-likeness (QED) is 0.904. The average molecular weight is 332 g/mol. The molecule has 2 aliphatic rings. The van der Waals surface area contributed by atoms with E-state index in [1.54, 1.807) is 22.7 Å². The Balaban J connectivity index is 0.000000131. The number of nitrogens with zero attached hydrogens (tertiary/aromatic N) is 2. The molecule has 0 aliphatic carbocycles. The smallest absolute Gasteiger partial charge is 0.102 e. The van der Waals surface area contributed by atoms with E-state index in [-0.39, 0.29) is 0 Å². The third-order valence-electron chi connectivity index (χ3n) is 3.36. The van der Waals surface area contributed by atoms with Gasteiger partial charge >= 0.3 is 0 Å². The first-order valence-electron chi connectivity index (χ1n) is 7.48. The van der Waals surface area contributed by atoms with Gasteiger partial charge in [-0.2, -0.15) is 11.3 Å². The van der Waals surface area contributed by atoms with Crippen molar-refractivity contribution in [3.8, 4) is 0 Å². The summed E-state index contributed by atoms with van der Waals surface area (Å²) in [6.45, 7) is 3.92. The molecule has 22 heavy (non-hydrogen) atoms. The maximum Gasteiger partial charge on any atom is 0.102 e. The van der Waals surface area contributed by atoms with E-state index in [1.807, 2.05) is 0 Å². The number of hydrogen-bond donors (Lipinski definition) is 2. The average Bonchev–Trinajstić information content (AvgIpc) is 3.31. The first-order chi connectivity index (χ1) is 10.9. The van der Waals surface area contributed by atoms with Crippen LogP contribution in [0, 0.1) is 0 Å². The highest BCUT2D eigenvalue weighted by atomic mass is 32.1. The van der Waals surface area contributed by atoms with Crippen molar-refractivity contribution in [2.24, 2.45) is 9.98 Å². The lowest BCUT2D eigenvalue weighted by Gasteiger charge is -1.97. The van der Waals surface area contributed by atoms with Gasteiger partial charge in [0.05, 0.1) is 13.1 Å². The van der Waals surface area contributed by atoms with Crippen LogP contribution in [0.15, 0.2) is 44.3 Å². The lowest BCUT2D eigenvalue weighted by Crippen LogP contribution is -2.20. The summed E-state index contributed by atoms with van der Waals surface area (Å²) in [5.41, 5.74) is 1.36. The van der Waals surface area contributed by atoms with Crippen LogP contribution in [0.3, 0.4) is 0 Å². The van der Waals surface area contributed by atoms with Crippen LogP contribution in [-0.4, -0.2) is 37.9 Å². The maximum absolute atomic E-state index is 4.32. The molecule has 4 rings (SSSR count). The zero-order valence-electron chi connectivity index (χ0n) is 12.4. The molecule has 0 spiro atoms. The molecular weight excluding hydrogens is 312 g/mol. The highest BCUT2D eigenvalue weighted by Gasteiger charge is 2.06. The van der Waals surface area contributed by atoms with E-state index >= 15 is 0 Å². The maximum atomic E-state index is 4.32. The van der Waals surface area contributed by atoms with Crippen molar-refractivity contribution in [3.05, 3.63) is 44.8 Å². The van der Waals surface area contributed by atoms with Crippen molar-refractivity contribution in [2.75, 3.05) is 26.2 Å².